The molecule has 2 heterocycles. The predicted molar refractivity (Wildman–Crippen MR) is 65.4 cm³/mol. The lowest BCUT2D eigenvalue weighted by Crippen LogP contribution is -2.55. The monoisotopic (exact) mass is 231 g/mol. The Kier molecular flexibility index (Phi) is 2.44. The molecular formula is C14H17NO2. The number of benzene rings is 1. The van der Waals surface area contributed by atoms with Crippen molar-refractivity contribution in [2.75, 3.05) is 13.1 Å². The molecule has 0 bridgehead atoms. The zero-order valence-electron chi connectivity index (χ0n) is 10.0. The molecule has 0 amide bonds. The molecular weight excluding hydrogens is 214 g/mol. The van der Waals surface area contributed by atoms with E-state index in [9.17, 15) is 4.79 Å². The van der Waals surface area contributed by atoms with Crippen LogP contribution in [0.3, 0.4) is 0 Å². The topological polar surface area (TPSA) is 38.3 Å². The molecule has 3 rings (SSSR count). The number of rotatable bonds is 0. The molecule has 1 spiro atoms. The Morgan fingerprint density at radius 3 is 2.76 bits per heavy atom. The van der Waals surface area contributed by atoms with E-state index < -0.39 is 0 Å². The number of ketones is 1. The lowest BCUT2D eigenvalue weighted by molar-refractivity contribution is -0.0152. The van der Waals surface area contributed by atoms with Crippen molar-refractivity contribution in [2.45, 2.75) is 25.4 Å². The van der Waals surface area contributed by atoms with Gasteiger partial charge in [0.1, 0.15) is 11.4 Å². The second-order valence-corrected chi connectivity index (χ2v) is 5.00. The first kappa shape index (κ1) is 10.8. The number of fused-ring (bicyclic) bond motifs is 1. The van der Waals surface area contributed by atoms with Crippen LogP contribution in [0.15, 0.2) is 24.3 Å². The minimum absolute atomic E-state index is 0.0421. The van der Waals surface area contributed by atoms with Gasteiger partial charge in [0.2, 0.25) is 0 Å². The van der Waals surface area contributed by atoms with Crippen LogP contribution in [0.5, 0.6) is 5.75 Å². The maximum absolute atomic E-state index is 12.4. The third kappa shape index (κ3) is 1.57. The van der Waals surface area contributed by atoms with Gasteiger partial charge in [-0.3, -0.25) is 4.79 Å². The van der Waals surface area contributed by atoms with E-state index in [0.29, 0.717) is 0 Å². The summed E-state index contributed by atoms with van der Waals surface area (Å²) >= 11 is 0. The van der Waals surface area contributed by atoms with Crippen molar-refractivity contribution in [3.63, 3.8) is 0 Å². The molecule has 1 fully saturated rings. The number of hydrogen-bond acceptors (Lipinski definition) is 3. The molecule has 0 aliphatic carbocycles. The van der Waals surface area contributed by atoms with Gasteiger partial charge < -0.3 is 10.1 Å². The van der Waals surface area contributed by atoms with E-state index >= 15 is 0 Å². The third-order valence-corrected chi connectivity index (χ3v) is 4.10. The fourth-order valence-corrected chi connectivity index (χ4v) is 2.92. The van der Waals surface area contributed by atoms with E-state index in [4.69, 9.17) is 4.74 Å². The van der Waals surface area contributed by atoms with Crippen LogP contribution in [0.25, 0.3) is 0 Å². The van der Waals surface area contributed by atoms with E-state index in [1.807, 2.05) is 31.2 Å². The first-order valence-corrected chi connectivity index (χ1v) is 6.26. The molecule has 2 aliphatic heterocycles. The summed E-state index contributed by atoms with van der Waals surface area (Å²) in [7, 11) is 0. The van der Waals surface area contributed by atoms with Crippen LogP contribution in [-0.2, 0) is 0 Å². The van der Waals surface area contributed by atoms with Crippen molar-refractivity contribution in [1.82, 2.24) is 5.32 Å². The molecule has 3 nitrogen and oxygen atoms in total. The van der Waals surface area contributed by atoms with E-state index in [1.165, 1.54) is 0 Å². The number of carbonyl (C=O) groups excluding carboxylic acids is 1. The Labute approximate surface area is 101 Å². The number of hydrogen-bond donors (Lipinski definition) is 1. The van der Waals surface area contributed by atoms with Gasteiger partial charge in [0, 0.05) is 12.8 Å². The molecule has 90 valence electrons. The van der Waals surface area contributed by atoms with Crippen LogP contribution in [0.1, 0.15) is 30.1 Å². The van der Waals surface area contributed by atoms with Crippen LogP contribution < -0.4 is 10.1 Å². The fraction of sp³-hybridized carbons (Fsp3) is 0.500. The fourth-order valence-electron chi connectivity index (χ4n) is 2.92. The SMILES string of the molecule is C[C@H]1C(=O)c2ccccc2OC12CCNCC2. The maximum atomic E-state index is 12.4. The standard InChI is InChI=1S/C14H17NO2/c1-10-13(16)11-4-2-3-5-12(11)17-14(10)6-8-15-9-7-14/h2-5,10,15H,6-9H2,1H3/t10-/m0/s1. The van der Waals surface area contributed by atoms with Gasteiger partial charge in [-0.05, 0) is 25.2 Å². The second kappa shape index (κ2) is 3.84. The average molecular weight is 231 g/mol. The minimum Gasteiger partial charge on any atom is -0.486 e. The second-order valence-electron chi connectivity index (χ2n) is 5.00. The van der Waals surface area contributed by atoms with Crippen LogP contribution in [0.4, 0.5) is 0 Å². The highest BCUT2D eigenvalue weighted by Gasteiger charge is 2.47. The minimum atomic E-state index is -0.281. The highest BCUT2D eigenvalue weighted by Crippen LogP contribution is 2.41. The highest BCUT2D eigenvalue weighted by atomic mass is 16.5. The quantitative estimate of drug-likeness (QED) is 0.742. The zero-order valence-corrected chi connectivity index (χ0v) is 10.0. The summed E-state index contributed by atoms with van der Waals surface area (Å²) in [5.74, 6) is 0.950. The molecule has 0 aromatic heterocycles. The van der Waals surface area contributed by atoms with Gasteiger partial charge in [0.15, 0.2) is 5.78 Å². The molecule has 0 radical (unpaired) electrons. The first-order chi connectivity index (χ1) is 8.23. The van der Waals surface area contributed by atoms with Gasteiger partial charge >= 0.3 is 0 Å². The lowest BCUT2D eigenvalue weighted by Gasteiger charge is -2.45. The molecule has 1 aromatic rings. The zero-order chi connectivity index (χ0) is 11.9. The summed E-state index contributed by atoms with van der Waals surface area (Å²) in [6, 6.07) is 7.59. The van der Waals surface area contributed by atoms with E-state index in [0.717, 1.165) is 37.2 Å². The summed E-state index contributed by atoms with van der Waals surface area (Å²) in [5.41, 5.74) is 0.459. The van der Waals surface area contributed by atoms with Crippen LogP contribution >= 0.6 is 0 Å². The van der Waals surface area contributed by atoms with Crippen LogP contribution in [0, 0.1) is 5.92 Å². The van der Waals surface area contributed by atoms with Gasteiger partial charge in [-0.2, -0.15) is 0 Å². The Hall–Kier alpha value is -1.35. The Morgan fingerprint density at radius 1 is 1.29 bits per heavy atom. The van der Waals surface area contributed by atoms with Gasteiger partial charge in [-0.15, -0.1) is 0 Å². The number of para-hydroxylation sites is 1. The first-order valence-electron chi connectivity index (χ1n) is 6.26. The third-order valence-electron chi connectivity index (χ3n) is 4.10. The number of piperidine rings is 1. The van der Waals surface area contributed by atoms with Gasteiger partial charge in [0.25, 0.3) is 0 Å². The maximum Gasteiger partial charge on any atom is 0.173 e. The van der Waals surface area contributed by atoms with Crippen molar-refractivity contribution < 1.29 is 9.53 Å². The number of carbonyl (C=O) groups is 1. The van der Waals surface area contributed by atoms with Crippen molar-refractivity contribution in [1.29, 1.82) is 0 Å². The highest BCUT2D eigenvalue weighted by molar-refractivity contribution is 6.01. The average Bonchev–Trinajstić information content (AvgIpc) is 2.37. The molecule has 2 aliphatic rings. The van der Waals surface area contributed by atoms with Crippen molar-refractivity contribution in [3.8, 4) is 5.75 Å². The summed E-state index contributed by atoms with van der Waals surface area (Å²) in [5, 5.41) is 3.32. The summed E-state index contributed by atoms with van der Waals surface area (Å²) in [6.07, 6.45) is 1.82. The smallest absolute Gasteiger partial charge is 0.173 e. The lowest BCUT2D eigenvalue weighted by atomic mass is 9.75. The molecule has 0 saturated carbocycles. The van der Waals surface area contributed by atoms with Crippen molar-refractivity contribution in [2.24, 2.45) is 5.92 Å². The molecule has 1 N–H and O–H groups in total. The Morgan fingerprint density at radius 2 is 2.00 bits per heavy atom. The van der Waals surface area contributed by atoms with Crippen LogP contribution in [-0.4, -0.2) is 24.5 Å². The van der Waals surface area contributed by atoms with E-state index in [-0.39, 0.29) is 17.3 Å². The summed E-state index contributed by atoms with van der Waals surface area (Å²) in [6.45, 7) is 3.86. The normalized spacial score (nSPS) is 26.4. The molecule has 0 unspecified atom stereocenters. The largest absolute Gasteiger partial charge is 0.486 e. The molecule has 17 heavy (non-hydrogen) atoms. The van der Waals surface area contributed by atoms with Gasteiger partial charge in [-0.25, -0.2) is 0 Å². The van der Waals surface area contributed by atoms with Gasteiger partial charge in [0.05, 0.1) is 11.5 Å². The van der Waals surface area contributed by atoms with Crippen molar-refractivity contribution >= 4 is 5.78 Å². The number of ether oxygens (including phenoxy) is 1. The van der Waals surface area contributed by atoms with Crippen LogP contribution in [0.2, 0.25) is 0 Å². The molecule has 1 saturated heterocycles. The molecule has 3 heteroatoms. The summed E-state index contributed by atoms with van der Waals surface area (Å²) in [4.78, 5) is 12.4. The van der Waals surface area contributed by atoms with E-state index in [1.54, 1.807) is 0 Å². The Bertz CT molecular complexity index is 449. The Balaban J connectivity index is 2.03. The molecule has 1 atom stereocenters. The summed E-state index contributed by atoms with van der Waals surface area (Å²) < 4.78 is 6.18. The predicted octanol–water partition coefficient (Wildman–Crippen LogP) is 2.02. The number of Topliss-reactive ketones (excluding diaryl/α,β-unsaturated/α-hetero) is 1. The van der Waals surface area contributed by atoms with Crippen molar-refractivity contribution in [3.05, 3.63) is 29.8 Å². The van der Waals surface area contributed by atoms with E-state index in [2.05, 4.69) is 5.32 Å². The molecule has 1 aromatic carbocycles. The number of nitrogens with one attached hydrogen (secondary N) is 1. The van der Waals surface area contributed by atoms with Gasteiger partial charge in [-0.1, -0.05) is 19.1 Å².